The van der Waals surface area contributed by atoms with E-state index in [1.165, 1.54) is 5.38 Å². The summed E-state index contributed by atoms with van der Waals surface area (Å²) in [7, 11) is 0. The summed E-state index contributed by atoms with van der Waals surface area (Å²) in [5, 5.41) is 12.0. The van der Waals surface area contributed by atoms with E-state index in [-0.39, 0.29) is 23.1 Å². The fraction of sp³-hybridized carbons (Fsp3) is 0.214. The molecule has 0 saturated carbocycles. The van der Waals surface area contributed by atoms with E-state index in [1.54, 1.807) is 6.07 Å². The average molecular weight is 290 g/mol. The SMILES string of the molecule is Cc1ccc(OCC(=O)c2nc(C(=O)[O-])cs2)cc1C. The van der Waals surface area contributed by atoms with Crippen molar-refractivity contribution in [3.05, 3.63) is 45.4 Å². The molecule has 1 aromatic heterocycles. The Morgan fingerprint density at radius 3 is 2.65 bits per heavy atom. The van der Waals surface area contributed by atoms with Crippen LogP contribution < -0.4 is 9.84 Å². The third-order valence-corrected chi connectivity index (χ3v) is 3.68. The van der Waals surface area contributed by atoms with Gasteiger partial charge in [-0.1, -0.05) is 6.07 Å². The third kappa shape index (κ3) is 3.21. The molecule has 20 heavy (non-hydrogen) atoms. The second-order valence-corrected chi connectivity index (χ2v) is 5.14. The lowest BCUT2D eigenvalue weighted by Crippen LogP contribution is -2.23. The number of aromatic carboxylic acids is 1. The number of aryl methyl sites for hydroxylation is 2. The number of rotatable bonds is 5. The largest absolute Gasteiger partial charge is 0.543 e. The molecule has 0 aliphatic carbocycles. The van der Waals surface area contributed by atoms with Crippen molar-refractivity contribution in [2.24, 2.45) is 0 Å². The first-order chi connectivity index (χ1) is 9.47. The Kier molecular flexibility index (Phi) is 4.14. The zero-order valence-corrected chi connectivity index (χ0v) is 11.8. The number of hydrogen-bond acceptors (Lipinski definition) is 6. The number of carboxylic acid groups (broad SMARTS) is 1. The Hall–Kier alpha value is -2.21. The number of carbonyl (C=O) groups excluding carboxylic acids is 2. The highest BCUT2D eigenvalue weighted by Crippen LogP contribution is 2.17. The van der Waals surface area contributed by atoms with Crippen LogP contribution in [0.2, 0.25) is 0 Å². The summed E-state index contributed by atoms with van der Waals surface area (Å²) >= 11 is 0.965. The highest BCUT2D eigenvalue weighted by molar-refractivity contribution is 7.11. The lowest BCUT2D eigenvalue weighted by atomic mass is 10.1. The molecule has 0 aliphatic heterocycles. The van der Waals surface area contributed by atoms with Gasteiger partial charge in [-0.3, -0.25) is 4.79 Å². The van der Waals surface area contributed by atoms with Gasteiger partial charge in [-0.25, -0.2) is 4.98 Å². The highest BCUT2D eigenvalue weighted by Gasteiger charge is 2.12. The van der Waals surface area contributed by atoms with Crippen LogP contribution in [0.15, 0.2) is 23.6 Å². The highest BCUT2D eigenvalue weighted by atomic mass is 32.1. The smallest absolute Gasteiger partial charge is 0.228 e. The molecule has 0 unspecified atom stereocenters. The fourth-order valence-electron chi connectivity index (χ4n) is 1.51. The van der Waals surface area contributed by atoms with Crippen LogP contribution in [0.5, 0.6) is 5.75 Å². The number of aromatic nitrogens is 1. The second-order valence-electron chi connectivity index (χ2n) is 4.28. The van der Waals surface area contributed by atoms with Crippen molar-refractivity contribution in [1.29, 1.82) is 0 Å². The number of benzene rings is 1. The Morgan fingerprint density at radius 2 is 2.05 bits per heavy atom. The molecule has 0 amide bonds. The van der Waals surface area contributed by atoms with E-state index in [4.69, 9.17) is 4.74 Å². The van der Waals surface area contributed by atoms with Crippen molar-refractivity contribution in [3.63, 3.8) is 0 Å². The number of Topliss-reactive ketones (excluding diaryl/α,β-unsaturated/α-hetero) is 1. The predicted octanol–water partition coefficient (Wildman–Crippen LogP) is 1.39. The topological polar surface area (TPSA) is 79.3 Å². The van der Waals surface area contributed by atoms with Gasteiger partial charge in [0.25, 0.3) is 0 Å². The molecule has 1 aromatic carbocycles. The zero-order chi connectivity index (χ0) is 14.7. The van der Waals surface area contributed by atoms with Crippen molar-refractivity contribution < 1.29 is 19.4 Å². The van der Waals surface area contributed by atoms with Crippen LogP contribution >= 0.6 is 11.3 Å². The van der Waals surface area contributed by atoms with Gasteiger partial charge >= 0.3 is 0 Å². The molecule has 5 nitrogen and oxygen atoms in total. The van der Waals surface area contributed by atoms with Crippen LogP contribution in [-0.2, 0) is 0 Å². The zero-order valence-electron chi connectivity index (χ0n) is 11.0. The summed E-state index contributed by atoms with van der Waals surface area (Å²) in [4.78, 5) is 26.1. The molecule has 1 heterocycles. The number of ketones is 1. The minimum atomic E-state index is -1.39. The number of nitrogens with zero attached hydrogens (tertiary/aromatic N) is 1. The molecule has 0 fully saturated rings. The molecule has 2 rings (SSSR count). The Morgan fingerprint density at radius 1 is 1.30 bits per heavy atom. The number of carbonyl (C=O) groups is 2. The van der Waals surface area contributed by atoms with Crippen molar-refractivity contribution in [1.82, 2.24) is 4.98 Å². The van der Waals surface area contributed by atoms with Gasteiger partial charge in [0.15, 0.2) is 11.6 Å². The van der Waals surface area contributed by atoms with Crippen LogP contribution in [-0.4, -0.2) is 23.3 Å². The summed E-state index contributed by atoms with van der Waals surface area (Å²) in [6, 6.07) is 5.54. The molecule has 0 atom stereocenters. The summed E-state index contributed by atoms with van der Waals surface area (Å²) in [6.07, 6.45) is 0. The Bertz CT molecular complexity index is 663. The number of thiazole rings is 1. The average Bonchev–Trinajstić information content (AvgIpc) is 2.89. The van der Waals surface area contributed by atoms with Crippen LogP contribution in [0, 0.1) is 13.8 Å². The second kappa shape index (κ2) is 5.83. The van der Waals surface area contributed by atoms with Gasteiger partial charge in [0.2, 0.25) is 5.78 Å². The minimum Gasteiger partial charge on any atom is -0.543 e. The molecule has 0 saturated heterocycles. The number of carboxylic acids is 1. The monoisotopic (exact) mass is 290 g/mol. The molecule has 0 spiro atoms. The van der Waals surface area contributed by atoms with E-state index in [0.717, 1.165) is 22.5 Å². The van der Waals surface area contributed by atoms with E-state index in [1.807, 2.05) is 26.0 Å². The lowest BCUT2D eigenvalue weighted by Gasteiger charge is -2.06. The van der Waals surface area contributed by atoms with Crippen LogP contribution in [0.4, 0.5) is 0 Å². The summed E-state index contributed by atoms with van der Waals surface area (Å²) in [6.45, 7) is 3.76. The van der Waals surface area contributed by atoms with Gasteiger partial charge in [0, 0.05) is 5.38 Å². The molecule has 0 aliphatic rings. The minimum absolute atomic E-state index is 0.105. The van der Waals surface area contributed by atoms with Gasteiger partial charge < -0.3 is 14.6 Å². The molecule has 0 radical (unpaired) electrons. The van der Waals surface area contributed by atoms with Crippen molar-refractivity contribution in [3.8, 4) is 5.75 Å². The molecule has 0 bridgehead atoms. The molecular formula is C14H12NO4S-. The van der Waals surface area contributed by atoms with Gasteiger partial charge in [0.1, 0.15) is 5.75 Å². The standard InChI is InChI=1S/C14H13NO4S/c1-8-3-4-10(5-9(8)2)19-6-12(16)13-15-11(7-20-13)14(17)18/h3-5,7H,6H2,1-2H3,(H,17,18)/p-1. The molecule has 2 aromatic rings. The van der Waals surface area contributed by atoms with E-state index in [0.29, 0.717) is 5.75 Å². The third-order valence-electron chi connectivity index (χ3n) is 2.80. The van der Waals surface area contributed by atoms with Gasteiger partial charge in [-0.05, 0) is 37.1 Å². The molecule has 104 valence electrons. The first-order valence-electron chi connectivity index (χ1n) is 5.87. The summed E-state index contributed by atoms with van der Waals surface area (Å²) in [5.74, 6) is -1.16. The Labute approximate surface area is 119 Å². The van der Waals surface area contributed by atoms with Crippen LogP contribution in [0.25, 0.3) is 0 Å². The fourth-order valence-corrected chi connectivity index (χ4v) is 2.22. The molecule has 0 N–H and O–H groups in total. The van der Waals surface area contributed by atoms with Crippen LogP contribution in [0.3, 0.4) is 0 Å². The maximum Gasteiger partial charge on any atom is 0.228 e. The number of hydrogen-bond donors (Lipinski definition) is 0. The molecule has 6 heteroatoms. The quantitative estimate of drug-likeness (QED) is 0.777. The predicted molar refractivity (Wildman–Crippen MR) is 72.2 cm³/mol. The van der Waals surface area contributed by atoms with Gasteiger partial charge in [0.05, 0.1) is 11.7 Å². The Balaban J connectivity index is 2.00. The van der Waals surface area contributed by atoms with Crippen molar-refractivity contribution in [2.75, 3.05) is 6.61 Å². The first-order valence-corrected chi connectivity index (χ1v) is 6.75. The van der Waals surface area contributed by atoms with Crippen molar-refractivity contribution >= 4 is 23.1 Å². The summed E-state index contributed by atoms with van der Waals surface area (Å²) < 4.78 is 5.38. The number of ether oxygens (including phenoxy) is 1. The van der Waals surface area contributed by atoms with E-state index < -0.39 is 5.97 Å². The van der Waals surface area contributed by atoms with E-state index in [2.05, 4.69) is 4.98 Å². The molecular weight excluding hydrogens is 278 g/mol. The maximum absolute atomic E-state index is 11.8. The first kappa shape index (κ1) is 14.2. The van der Waals surface area contributed by atoms with E-state index in [9.17, 15) is 14.7 Å². The van der Waals surface area contributed by atoms with Gasteiger partial charge in [-0.15, -0.1) is 11.3 Å². The normalized spacial score (nSPS) is 10.3. The van der Waals surface area contributed by atoms with E-state index >= 15 is 0 Å². The van der Waals surface area contributed by atoms with Gasteiger partial charge in [-0.2, -0.15) is 0 Å². The maximum atomic E-state index is 11.8. The van der Waals surface area contributed by atoms with Crippen molar-refractivity contribution in [2.45, 2.75) is 13.8 Å². The lowest BCUT2D eigenvalue weighted by molar-refractivity contribution is -0.255. The van der Waals surface area contributed by atoms with Crippen LogP contribution in [0.1, 0.15) is 31.4 Å². The summed E-state index contributed by atoms with van der Waals surface area (Å²) in [5.41, 5.74) is 1.98.